The fourth-order valence-corrected chi connectivity index (χ4v) is 2.36. The molecule has 0 aliphatic rings. The molecule has 0 unspecified atom stereocenters. The highest BCUT2D eigenvalue weighted by Gasteiger charge is 2.17. The van der Waals surface area contributed by atoms with Gasteiger partial charge in [0.1, 0.15) is 10.7 Å². The summed E-state index contributed by atoms with van der Waals surface area (Å²) in [5, 5.41) is 0. The summed E-state index contributed by atoms with van der Waals surface area (Å²) >= 11 is 0. The van der Waals surface area contributed by atoms with Crippen molar-refractivity contribution in [1.29, 1.82) is 0 Å². The molecule has 94 valence electrons. The molecule has 0 saturated heterocycles. The van der Waals surface area contributed by atoms with Gasteiger partial charge in [0.25, 0.3) is 10.0 Å². The molecule has 0 amide bonds. The Labute approximate surface area is 102 Å². The molecule has 0 fully saturated rings. The van der Waals surface area contributed by atoms with Gasteiger partial charge < -0.3 is 0 Å². The van der Waals surface area contributed by atoms with Crippen LogP contribution in [-0.2, 0) is 10.0 Å². The molecule has 0 bridgehead atoms. The first-order chi connectivity index (χ1) is 8.50. The number of halogens is 2. The highest BCUT2D eigenvalue weighted by molar-refractivity contribution is 7.90. The third-order valence-electron chi connectivity index (χ3n) is 2.12. The quantitative estimate of drug-likeness (QED) is 0.833. The van der Waals surface area contributed by atoms with Crippen LogP contribution in [0.25, 0.3) is 0 Å². The molecule has 1 heterocycles. The predicted molar refractivity (Wildman–Crippen MR) is 60.1 cm³/mol. The van der Waals surface area contributed by atoms with Crippen LogP contribution in [0.15, 0.2) is 58.0 Å². The van der Waals surface area contributed by atoms with Gasteiger partial charge in [0.15, 0.2) is 5.49 Å². The highest BCUT2D eigenvalue weighted by Crippen LogP contribution is 2.15. The lowest BCUT2D eigenvalue weighted by molar-refractivity contribution is 0.348. The van der Waals surface area contributed by atoms with Gasteiger partial charge in [-0.05, 0) is 24.3 Å². The molecule has 0 aliphatic heterocycles. The molecule has 4 nitrogen and oxygen atoms in total. The number of hydrogen-bond acceptors (Lipinski definition) is 2. The van der Waals surface area contributed by atoms with Gasteiger partial charge in [-0.3, -0.25) is 0 Å². The van der Waals surface area contributed by atoms with Crippen molar-refractivity contribution in [2.45, 2.75) is 4.90 Å². The summed E-state index contributed by atoms with van der Waals surface area (Å²) in [6.07, 6.45) is 0.996. The predicted octanol–water partition coefficient (Wildman–Crippen LogP) is 1.65. The van der Waals surface area contributed by atoms with Crippen molar-refractivity contribution in [1.82, 2.24) is 4.79 Å². The summed E-state index contributed by atoms with van der Waals surface area (Å²) in [6, 6.07) is 8.74. The van der Waals surface area contributed by atoms with Crippen molar-refractivity contribution in [3.05, 3.63) is 60.0 Å². The van der Waals surface area contributed by atoms with E-state index in [4.69, 9.17) is 0 Å². The van der Waals surface area contributed by atoms with Gasteiger partial charge in [-0.2, -0.15) is 13.2 Å². The van der Waals surface area contributed by atoms with E-state index >= 15 is 0 Å². The molecule has 0 atom stereocenters. The fourth-order valence-electron chi connectivity index (χ4n) is 1.31. The minimum Gasteiger partial charge on any atom is -0.205 e. The molecule has 18 heavy (non-hydrogen) atoms. The first kappa shape index (κ1) is 12.4. The van der Waals surface area contributed by atoms with E-state index in [0.717, 1.165) is 18.3 Å². The monoisotopic (exact) mass is 270 g/mol. The Bertz CT molecular complexity index is 738. The number of benzene rings is 1. The van der Waals surface area contributed by atoms with Gasteiger partial charge in [0, 0.05) is 6.20 Å². The summed E-state index contributed by atoms with van der Waals surface area (Å²) in [5.41, 5.74) is -0.430. The largest absolute Gasteiger partial charge is 0.287 e. The average molecular weight is 270 g/mol. The summed E-state index contributed by atoms with van der Waals surface area (Å²) in [5.74, 6) is -0.928. The van der Waals surface area contributed by atoms with Crippen molar-refractivity contribution in [3.8, 4) is 0 Å². The maximum atomic E-state index is 13.3. The van der Waals surface area contributed by atoms with Crippen molar-refractivity contribution >= 4 is 10.0 Å². The lowest BCUT2D eigenvalue weighted by Crippen LogP contribution is -2.16. The molecule has 7 heteroatoms. The Hall–Kier alpha value is -2.02. The summed E-state index contributed by atoms with van der Waals surface area (Å²) in [6.45, 7) is 0. The zero-order valence-electron chi connectivity index (χ0n) is 8.99. The van der Waals surface area contributed by atoms with Crippen molar-refractivity contribution in [3.63, 3.8) is 0 Å². The minimum absolute atomic E-state index is 0.0401. The van der Waals surface area contributed by atoms with Crippen LogP contribution < -0.4 is 5.49 Å². The Morgan fingerprint density at radius 2 is 1.72 bits per heavy atom. The molecule has 1 aromatic carbocycles. The fraction of sp³-hybridized carbons (Fsp3) is 0. The SMILES string of the molecule is O=S(=O)(N=c1ccccn1F)c1ccccc1F. The van der Waals surface area contributed by atoms with Gasteiger partial charge in [0.05, 0.1) is 0 Å². The number of aromatic nitrogens is 1. The molecule has 2 aromatic rings. The van der Waals surface area contributed by atoms with Gasteiger partial charge in [-0.1, -0.05) is 22.7 Å². The van der Waals surface area contributed by atoms with Crippen LogP contribution in [0.2, 0.25) is 0 Å². The first-order valence-corrected chi connectivity index (χ1v) is 6.34. The Morgan fingerprint density at radius 3 is 2.39 bits per heavy atom. The van der Waals surface area contributed by atoms with Crippen LogP contribution in [0.1, 0.15) is 0 Å². The molecule has 0 radical (unpaired) electrons. The average Bonchev–Trinajstić information content (AvgIpc) is 2.32. The second-order valence-electron chi connectivity index (χ2n) is 3.37. The van der Waals surface area contributed by atoms with Crippen LogP contribution >= 0.6 is 0 Å². The van der Waals surface area contributed by atoms with Gasteiger partial charge in [-0.15, -0.1) is 4.40 Å². The van der Waals surface area contributed by atoms with Crippen molar-refractivity contribution < 1.29 is 17.3 Å². The Morgan fingerprint density at radius 1 is 1.06 bits per heavy atom. The van der Waals surface area contributed by atoms with E-state index in [1.807, 2.05) is 0 Å². The van der Waals surface area contributed by atoms with E-state index in [0.29, 0.717) is 0 Å². The standard InChI is InChI=1S/C11H8F2N2O2S/c12-9-5-1-2-6-10(9)18(16,17)14-11-7-3-4-8-15(11)13/h1-8H. The van der Waals surface area contributed by atoms with Crippen LogP contribution in [0.3, 0.4) is 0 Å². The van der Waals surface area contributed by atoms with Gasteiger partial charge >= 0.3 is 0 Å². The molecular weight excluding hydrogens is 262 g/mol. The van der Waals surface area contributed by atoms with E-state index in [2.05, 4.69) is 4.40 Å². The van der Waals surface area contributed by atoms with E-state index < -0.39 is 26.2 Å². The van der Waals surface area contributed by atoms with E-state index in [1.165, 1.54) is 30.3 Å². The minimum atomic E-state index is -4.28. The lowest BCUT2D eigenvalue weighted by atomic mass is 10.4. The smallest absolute Gasteiger partial charge is 0.205 e. The van der Waals surface area contributed by atoms with E-state index in [9.17, 15) is 17.3 Å². The van der Waals surface area contributed by atoms with Crippen LogP contribution in [0.4, 0.5) is 8.87 Å². The summed E-state index contributed by atoms with van der Waals surface area (Å²) in [4.78, 5) is -0.549. The highest BCUT2D eigenvalue weighted by atomic mass is 32.2. The van der Waals surface area contributed by atoms with E-state index in [1.54, 1.807) is 0 Å². The van der Waals surface area contributed by atoms with Crippen LogP contribution in [0, 0.1) is 5.82 Å². The second-order valence-corrected chi connectivity index (χ2v) is 4.94. The molecule has 2 rings (SSSR count). The normalized spacial score (nSPS) is 12.7. The summed E-state index contributed by atoms with van der Waals surface area (Å²) in [7, 11) is -4.28. The third-order valence-corrected chi connectivity index (χ3v) is 3.43. The molecule has 0 spiro atoms. The lowest BCUT2D eigenvalue weighted by Gasteiger charge is -2.00. The molecule has 1 aromatic heterocycles. The topological polar surface area (TPSA) is 51.4 Å². The van der Waals surface area contributed by atoms with Crippen molar-refractivity contribution in [2.75, 3.05) is 0 Å². The number of nitrogens with zero attached hydrogens (tertiary/aromatic N) is 2. The third kappa shape index (κ3) is 2.45. The zero-order valence-corrected chi connectivity index (χ0v) is 9.81. The number of pyridine rings is 1. The van der Waals surface area contributed by atoms with Gasteiger partial charge in [-0.25, -0.2) is 4.39 Å². The Balaban J connectivity index is 2.63. The Kier molecular flexibility index (Phi) is 3.24. The number of sulfonamides is 1. The maximum absolute atomic E-state index is 13.3. The van der Waals surface area contributed by atoms with Crippen LogP contribution in [-0.4, -0.2) is 13.2 Å². The molecule has 0 aliphatic carbocycles. The number of hydrogen-bond donors (Lipinski definition) is 0. The molecule has 0 saturated carbocycles. The van der Waals surface area contributed by atoms with Crippen molar-refractivity contribution in [2.24, 2.45) is 4.40 Å². The second kappa shape index (κ2) is 4.69. The van der Waals surface area contributed by atoms with E-state index in [-0.39, 0.29) is 4.79 Å². The number of rotatable bonds is 2. The molecule has 0 N–H and O–H groups in total. The molecular formula is C11H8F2N2O2S. The summed E-state index contributed by atoms with van der Waals surface area (Å²) < 4.78 is 53.4. The maximum Gasteiger partial charge on any atom is 0.287 e. The zero-order chi connectivity index (χ0) is 13.2. The van der Waals surface area contributed by atoms with Crippen LogP contribution in [0.5, 0.6) is 0 Å². The van der Waals surface area contributed by atoms with Gasteiger partial charge in [0.2, 0.25) is 0 Å². The first-order valence-electron chi connectivity index (χ1n) is 4.90.